The molecule has 0 radical (unpaired) electrons. The molecule has 0 aliphatic rings. The van der Waals surface area contributed by atoms with Crippen LogP contribution in [0.2, 0.25) is 5.02 Å². The fourth-order valence-corrected chi connectivity index (χ4v) is 2.28. The number of aromatic nitrogens is 2. The second-order valence-electron chi connectivity index (χ2n) is 5.78. The van der Waals surface area contributed by atoms with Gasteiger partial charge in [-0.05, 0) is 25.0 Å². The molecule has 1 aromatic carbocycles. The molecule has 3 N–H and O–H groups in total. The molecule has 0 spiro atoms. The zero-order valence-electron chi connectivity index (χ0n) is 14.2. The molecule has 0 atom stereocenters. The molecule has 25 heavy (non-hydrogen) atoms. The van der Waals surface area contributed by atoms with Gasteiger partial charge < -0.3 is 15.8 Å². The van der Waals surface area contributed by atoms with E-state index in [-0.39, 0.29) is 29.4 Å². The summed E-state index contributed by atoms with van der Waals surface area (Å²) in [4.78, 5) is 27.8. The van der Waals surface area contributed by atoms with Crippen LogP contribution < -0.4 is 16.6 Å². The topological polar surface area (TPSA) is 99.2 Å². The lowest BCUT2D eigenvalue weighted by Crippen LogP contribution is -2.32. The van der Waals surface area contributed by atoms with Crippen molar-refractivity contribution in [1.82, 2.24) is 14.9 Å². The van der Waals surface area contributed by atoms with Gasteiger partial charge in [0.1, 0.15) is 23.7 Å². The highest BCUT2D eigenvalue weighted by Gasteiger charge is 2.11. The van der Waals surface area contributed by atoms with Crippen molar-refractivity contribution in [2.24, 2.45) is 0 Å². The molecule has 0 unspecified atom stereocenters. The number of halogens is 1. The van der Waals surface area contributed by atoms with Crippen molar-refractivity contribution >= 4 is 23.3 Å². The molecule has 2 rings (SSSR count). The second-order valence-corrected chi connectivity index (χ2v) is 6.16. The fraction of sp³-hybridized carbons (Fsp3) is 0.353. The van der Waals surface area contributed by atoms with E-state index in [4.69, 9.17) is 22.1 Å². The van der Waals surface area contributed by atoms with Crippen LogP contribution in [0.1, 0.15) is 25.0 Å². The number of nitrogens with one attached hydrogen (secondary N) is 1. The fourth-order valence-electron chi connectivity index (χ4n) is 2.12. The van der Waals surface area contributed by atoms with E-state index in [0.717, 1.165) is 15.7 Å². The zero-order chi connectivity index (χ0) is 18.4. The number of benzene rings is 1. The number of carbonyl (C=O) groups is 1. The van der Waals surface area contributed by atoms with E-state index in [1.54, 1.807) is 0 Å². The number of amides is 1. The van der Waals surface area contributed by atoms with E-state index >= 15 is 0 Å². The summed E-state index contributed by atoms with van der Waals surface area (Å²) < 4.78 is 6.73. The number of nitrogen functional groups attached to an aromatic ring is 1. The van der Waals surface area contributed by atoms with Gasteiger partial charge in [0.05, 0.1) is 12.7 Å². The quantitative estimate of drug-likeness (QED) is 0.779. The predicted octanol–water partition coefficient (Wildman–Crippen LogP) is 1.72. The number of ether oxygens (including phenoxy) is 1. The minimum absolute atomic E-state index is 0.0533. The highest BCUT2D eigenvalue weighted by molar-refractivity contribution is 6.32. The molecule has 0 saturated heterocycles. The van der Waals surface area contributed by atoms with Gasteiger partial charge in [-0.1, -0.05) is 35.9 Å². The minimum Gasteiger partial charge on any atom is -0.382 e. The summed E-state index contributed by atoms with van der Waals surface area (Å²) >= 11 is 5.75. The van der Waals surface area contributed by atoms with Gasteiger partial charge in [0.15, 0.2) is 0 Å². The lowest BCUT2D eigenvalue weighted by Gasteiger charge is -2.13. The van der Waals surface area contributed by atoms with Crippen LogP contribution in [0, 0.1) is 0 Å². The monoisotopic (exact) mass is 364 g/mol. The van der Waals surface area contributed by atoms with Crippen LogP contribution in [0.25, 0.3) is 0 Å². The molecule has 134 valence electrons. The van der Waals surface area contributed by atoms with Gasteiger partial charge in [-0.2, -0.15) is 0 Å². The summed E-state index contributed by atoms with van der Waals surface area (Å²) in [5.74, 6) is -0.383. The predicted molar refractivity (Wildman–Crippen MR) is 96.1 cm³/mol. The van der Waals surface area contributed by atoms with Gasteiger partial charge in [0.2, 0.25) is 5.91 Å². The van der Waals surface area contributed by atoms with Crippen LogP contribution in [-0.2, 0) is 29.2 Å². The highest BCUT2D eigenvalue weighted by Crippen LogP contribution is 2.11. The van der Waals surface area contributed by atoms with Gasteiger partial charge in [-0.25, -0.2) is 4.98 Å². The van der Waals surface area contributed by atoms with Crippen LogP contribution in [0.4, 0.5) is 5.82 Å². The first kappa shape index (κ1) is 19.0. The average molecular weight is 365 g/mol. The van der Waals surface area contributed by atoms with Crippen molar-refractivity contribution in [1.29, 1.82) is 0 Å². The van der Waals surface area contributed by atoms with E-state index in [1.165, 1.54) is 6.33 Å². The summed E-state index contributed by atoms with van der Waals surface area (Å²) in [5.41, 5.74) is 6.87. The van der Waals surface area contributed by atoms with Gasteiger partial charge in [0, 0.05) is 6.54 Å². The van der Waals surface area contributed by atoms with E-state index < -0.39 is 5.56 Å². The van der Waals surface area contributed by atoms with Crippen LogP contribution in [0.15, 0.2) is 35.4 Å². The summed E-state index contributed by atoms with van der Waals surface area (Å²) in [5, 5.41) is 2.59. The van der Waals surface area contributed by atoms with Crippen molar-refractivity contribution < 1.29 is 9.53 Å². The Kier molecular flexibility index (Phi) is 6.55. The Balaban J connectivity index is 1.99. The highest BCUT2D eigenvalue weighted by atomic mass is 35.5. The van der Waals surface area contributed by atoms with Crippen LogP contribution in [0.3, 0.4) is 0 Å². The molecule has 0 saturated carbocycles. The smallest absolute Gasteiger partial charge is 0.274 e. The molecule has 0 bridgehead atoms. The first-order valence-electron chi connectivity index (χ1n) is 7.84. The maximum atomic E-state index is 12.1. The molecule has 1 heterocycles. The number of nitrogens with zero attached hydrogens (tertiary/aromatic N) is 2. The summed E-state index contributed by atoms with van der Waals surface area (Å²) in [6.07, 6.45) is 1.32. The van der Waals surface area contributed by atoms with E-state index in [9.17, 15) is 9.59 Å². The Morgan fingerprint density at radius 1 is 1.36 bits per heavy atom. The third-order valence-electron chi connectivity index (χ3n) is 3.49. The number of hydrogen-bond acceptors (Lipinski definition) is 5. The molecule has 8 heteroatoms. The van der Waals surface area contributed by atoms with Gasteiger partial charge in [0.25, 0.3) is 5.56 Å². The third kappa shape index (κ3) is 5.30. The first-order chi connectivity index (χ1) is 11.9. The summed E-state index contributed by atoms with van der Waals surface area (Å²) in [6, 6.07) is 7.70. The molecular formula is C17H21ClN4O3. The van der Waals surface area contributed by atoms with Crippen molar-refractivity contribution in [3.63, 3.8) is 0 Å². The van der Waals surface area contributed by atoms with E-state index in [1.807, 2.05) is 38.1 Å². The lowest BCUT2D eigenvalue weighted by molar-refractivity contribution is -0.121. The van der Waals surface area contributed by atoms with Crippen molar-refractivity contribution in [2.45, 2.75) is 39.6 Å². The zero-order valence-corrected chi connectivity index (χ0v) is 14.9. The Labute approximate surface area is 150 Å². The Hall–Kier alpha value is -2.38. The molecule has 1 amide bonds. The van der Waals surface area contributed by atoms with E-state index in [2.05, 4.69) is 10.3 Å². The Morgan fingerprint density at radius 3 is 2.72 bits per heavy atom. The lowest BCUT2D eigenvalue weighted by atomic mass is 10.1. The number of rotatable bonds is 7. The van der Waals surface area contributed by atoms with Crippen molar-refractivity contribution in [3.05, 3.63) is 57.1 Å². The molecule has 1 aromatic heterocycles. The molecule has 2 aromatic rings. The molecule has 7 nitrogen and oxygen atoms in total. The molecular weight excluding hydrogens is 344 g/mol. The summed E-state index contributed by atoms with van der Waals surface area (Å²) in [7, 11) is 0. The number of nitrogens with two attached hydrogens (primary N) is 1. The van der Waals surface area contributed by atoms with Crippen LogP contribution in [-0.4, -0.2) is 21.6 Å². The normalized spacial score (nSPS) is 10.9. The SMILES string of the molecule is CC(C)OCc1ccccc1CNC(=O)Cn1cnc(N)c(Cl)c1=O. The molecule has 0 aliphatic carbocycles. The third-order valence-corrected chi connectivity index (χ3v) is 3.85. The second kappa shape index (κ2) is 8.64. The maximum absolute atomic E-state index is 12.1. The largest absolute Gasteiger partial charge is 0.382 e. The maximum Gasteiger partial charge on any atom is 0.274 e. The average Bonchev–Trinajstić information content (AvgIpc) is 2.59. The standard InChI is InChI=1S/C17H21ClN4O3/c1-11(2)25-9-13-6-4-3-5-12(13)7-20-14(23)8-22-10-21-16(19)15(18)17(22)24/h3-6,10-11H,7-9,19H2,1-2H3,(H,20,23). The van der Waals surface area contributed by atoms with Gasteiger partial charge in [-0.15, -0.1) is 0 Å². The Morgan fingerprint density at radius 2 is 2.04 bits per heavy atom. The van der Waals surface area contributed by atoms with Gasteiger partial charge in [-0.3, -0.25) is 14.2 Å². The van der Waals surface area contributed by atoms with Crippen molar-refractivity contribution in [2.75, 3.05) is 5.73 Å². The Bertz CT molecular complexity index is 805. The van der Waals surface area contributed by atoms with Crippen LogP contribution in [0.5, 0.6) is 0 Å². The van der Waals surface area contributed by atoms with Crippen molar-refractivity contribution in [3.8, 4) is 0 Å². The molecule has 0 aliphatic heterocycles. The number of carbonyl (C=O) groups excluding carboxylic acids is 1. The number of hydrogen-bond donors (Lipinski definition) is 2. The molecule has 0 fully saturated rings. The first-order valence-corrected chi connectivity index (χ1v) is 8.21. The minimum atomic E-state index is -0.546. The number of anilines is 1. The summed E-state index contributed by atoms with van der Waals surface area (Å²) in [6.45, 7) is 4.56. The van der Waals surface area contributed by atoms with Crippen LogP contribution >= 0.6 is 11.6 Å². The van der Waals surface area contributed by atoms with E-state index in [0.29, 0.717) is 13.2 Å². The van der Waals surface area contributed by atoms with Gasteiger partial charge >= 0.3 is 0 Å².